The third-order valence-electron chi connectivity index (χ3n) is 6.12. The van der Waals surface area contributed by atoms with E-state index >= 15 is 0 Å². The number of rotatable bonds is 5. The summed E-state index contributed by atoms with van der Waals surface area (Å²) in [7, 11) is 1.66. The van der Waals surface area contributed by atoms with E-state index < -0.39 is 0 Å². The summed E-state index contributed by atoms with van der Waals surface area (Å²) >= 11 is 0. The molecule has 2 aliphatic rings. The maximum absolute atomic E-state index is 13.3. The summed E-state index contributed by atoms with van der Waals surface area (Å²) in [6.07, 6.45) is 3.24. The van der Waals surface area contributed by atoms with Gasteiger partial charge >= 0.3 is 0 Å². The van der Waals surface area contributed by atoms with Crippen LogP contribution < -0.4 is 10.1 Å². The first-order valence-electron chi connectivity index (χ1n) is 10.1. The maximum atomic E-state index is 13.3. The molecule has 0 aromatic heterocycles. The van der Waals surface area contributed by atoms with E-state index in [2.05, 4.69) is 10.2 Å². The maximum Gasteiger partial charge on any atom is 0.223 e. The first kappa shape index (κ1) is 18.9. The number of carbonyl (C=O) groups is 1. The molecule has 1 N–H and O–H groups in total. The molecule has 28 heavy (non-hydrogen) atoms. The number of nitrogens with zero attached hydrogens (tertiary/aromatic N) is 1. The van der Waals surface area contributed by atoms with E-state index in [1.54, 1.807) is 7.11 Å². The minimum absolute atomic E-state index is 0.143. The van der Waals surface area contributed by atoms with E-state index in [0.29, 0.717) is 18.9 Å². The molecule has 4 nitrogen and oxygen atoms in total. The fourth-order valence-electron chi connectivity index (χ4n) is 4.75. The molecule has 2 saturated heterocycles. The molecule has 5 heteroatoms. The molecular formula is C23H27FN2O2. The van der Waals surface area contributed by atoms with Crippen LogP contribution in [-0.2, 0) is 11.2 Å². The largest absolute Gasteiger partial charge is 0.496 e. The van der Waals surface area contributed by atoms with Gasteiger partial charge in [0.25, 0.3) is 0 Å². The summed E-state index contributed by atoms with van der Waals surface area (Å²) in [4.78, 5) is 15.2. The molecule has 4 rings (SSSR count). The van der Waals surface area contributed by atoms with E-state index in [1.165, 1.54) is 12.1 Å². The van der Waals surface area contributed by atoms with Crippen molar-refractivity contribution in [2.45, 2.75) is 43.7 Å². The molecule has 2 fully saturated rings. The zero-order valence-corrected chi connectivity index (χ0v) is 16.2. The molecule has 148 valence electrons. The van der Waals surface area contributed by atoms with Gasteiger partial charge in [0, 0.05) is 31.5 Å². The van der Waals surface area contributed by atoms with Crippen molar-refractivity contribution >= 4 is 5.91 Å². The van der Waals surface area contributed by atoms with Crippen molar-refractivity contribution in [1.29, 1.82) is 0 Å². The Hall–Kier alpha value is -2.40. The van der Waals surface area contributed by atoms with Gasteiger partial charge in [-0.15, -0.1) is 0 Å². The van der Waals surface area contributed by atoms with Crippen LogP contribution in [0.25, 0.3) is 0 Å². The highest BCUT2D eigenvalue weighted by atomic mass is 19.1. The Morgan fingerprint density at radius 2 is 2.00 bits per heavy atom. The van der Waals surface area contributed by atoms with Gasteiger partial charge in [-0.2, -0.15) is 0 Å². The van der Waals surface area contributed by atoms with Crippen molar-refractivity contribution < 1.29 is 13.9 Å². The van der Waals surface area contributed by atoms with Crippen molar-refractivity contribution in [3.63, 3.8) is 0 Å². The van der Waals surface area contributed by atoms with Crippen LogP contribution in [0.3, 0.4) is 0 Å². The molecule has 2 aliphatic heterocycles. The minimum Gasteiger partial charge on any atom is -0.496 e. The van der Waals surface area contributed by atoms with E-state index in [1.807, 2.05) is 36.4 Å². The molecule has 2 aromatic rings. The van der Waals surface area contributed by atoms with Gasteiger partial charge in [-0.3, -0.25) is 4.79 Å². The Morgan fingerprint density at radius 3 is 2.79 bits per heavy atom. The summed E-state index contributed by atoms with van der Waals surface area (Å²) < 4.78 is 18.8. The highest BCUT2D eigenvalue weighted by Gasteiger charge is 2.44. The highest BCUT2D eigenvalue weighted by molar-refractivity contribution is 5.77. The van der Waals surface area contributed by atoms with Gasteiger partial charge in [0.2, 0.25) is 5.91 Å². The van der Waals surface area contributed by atoms with E-state index in [4.69, 9.17) is 4.74 Å². The Kier molecular flexibility index (Phi) is 5.62. The number of benzene rings is 2. The Bertz CT molecular complexity index is 824. The lowest BCUT2D eigenvalue weighted by Gasteiger charge is -2.40. The van der Waals surface area contributed by atoms with Gasteiger partial charge in [-0.1, -0.05) is 30.3 Å². The second-order valence-electron chi connectivity index (χ2n) is 7.70. The van der Waals surface area contributed by atoms with Gasteiger partial charge in [-0.05, 0) is 48.6 Å². The monoisotopic (exact) mass is 382 g/mol. The molecular weight excluding hydrogens is 355 g/mol. The standard InChI is InChI=1S/C23H27FN2O2/c1-28-21-7-3-2-5-17(21)10-13-22(27)26-14-4-6-20-23(26)19(15-25-20)16-8-11-18(24)12-9-16/h2-3,5,7-9,11-12,19-20,23,25H,4,6,10,13-15H2,1H3/t19-,20-,23-/m1/s1. The molecule has 0 spiro atoms. The summed E-state index contributed by atoms with van der Waals surface area (Å²) in [5.74, 6) is 1.01. The number of methoxy groups -OCH3 is 1. The molecule has 0 aliphatic carbocycles. The fraction of sp³-hybridized carbons (Fsp3) is 0.435. The predicted molar refractivity (Wildman–Crippen MR) is 107 cm³/mol. The van der Waals surface area contributed by atoms with Crippen LogP contribution in [0.1, 0.15) is 36.3 Å². The second kappa shape index (κ2) is 8.31. The molecule has 2 aromatic carbocycles. The minimum atomic E-state index is -0.223. The summed E-state index contributed by atoms with van der Waals surface area (Å²) in [5, 5.41) is 3.59. The molecule has 0 radical (unpaired) electrons. The number of para-hydroxylation sites is 1. The molecule has 3 atom stereocenters. The Labute approximate surface area is 165 Å². The normalized spacial score (nSPS) is 24.1. The number of hydrogen-bond donors (Lipinski definition) is 1. The summed E-state index contributed by atoms with van der Waals surface area (Å²) in [6.45, 7) is 1.63. The lowest BCUT2D eigenvalue weighted by Crippen LogP contribution is -2.52. The van der Waals surface area contributed by atoms with Gasteiger partial charge in [0.1, 0.15) is 11.6 Å². The van der Waals surface area contributed by atoms with Crippen LogP contribution in [0.5, 0.6) is 5.75 Å². The topological polar surface area (TPSA) is 41.6 Å². The van der Waals surface area contributed by atoms with Crippen LogP contribution in [0.15, 0.2) is 48.5 Å². The van der Waals surface area contributed by atoms with Gasteiger partial charge in [0.15, 0.2) is 0 Å². The van der Waals surface area contributed by atoms with E-state index in [9.17, 15) is 9.18 Å². The SMILES string of the molecule is COc1ccccc1CCC(=O)N1CCC[C@H]2NC[C@H](c3ccc(F)cc3)[C@H]21. The number of aryl methyl sites for hydroxylation is 1. The quantitative estimate of drug-likeness (QED) is 0.860. The third kappa shape index (κ3) is 3.76. The molecule has 1 amide bonds. The number of amides is 1. The van der Waals surface area contributed by atoms with Crippen molar-refractivity contribution in [3.05, 3.63) is 65.5 Å². The number of hydrogen-bond acceptors (Lipinski definition) is 3. The van der Waals surface area contributed by atoms with Crippen molar-refractivity contribution in [2.24, 2.45) is 0 Å². The summed E-state index contributed by atoms with van der Waals surface area (Å²) in [5.41, 5.74) is 2.16. The zero-order valence-electron chi connectivity index (χ0n) is 16.2. The molecule has 0 unspecified atom stereocenters. The van der Waals surface area contributed by atoms with Gasteiger partial charge in [0.05, 0.1) is 13.2 Å². The number of ether oxygens (including phenoxy) is 1. The van der Waals surface area contributed by atoms with E-state index in [0.717, 1.165) is 42.8 Å². The van der Waals surface area contributed by atoms with E-state index in [-0.39, 0.29) is 23.7 Å². The van der Waals surface area contributed by atoms with Gasteiger partial charge in [-0.25, -0.2) is 4.39 Å². The first-order valence-corrected chi connectivity index (χ1v) is 10.1. The second-order valence-corrected chi connectivity index (χ2v) is 7.70. The number of halogens is 1. The van der Waals surface area contributed by atoms with Crippen LogP contribution in [-0.4, -0.2) is 43.1 Å². The van der Waals surface area contributed by atoms with Crippen LogP contribution in [0, 0.1) is 5.82 Å². The van der Waals surface area contributed by atoms with Crippen molar-refractivity contribution in [1.82, 2.24) is 10.2 Å². The average Bonchev–Trinajstić information content (AvgIpc) is 3.17. The number of nitrogens with one attached hydrogen (secondary N) is 1. The fourth-order valence-corrected chi connectivity index (χ4v) is 4.75. The number of carbonyl (C=O) groups excluding carboxylic acids is 1. The van der Waals surface area contributed by atoms with Crippen LogP contribution in [0.4, 0.5) is 4.39 Å². The lowest BCUT2D eigenvalue weighted by molar-refractivity contribution is -0.135. The Morgan fingerprint density at radius 1 is 1.21 bits per heavy atom. The zero-order chi connectivity index (χ0) is 19.5. The number of likely N-dealkylation sites (tertiary alicyclic amines) is 1. The predicted octanol–water partition coefficient (Wildman–Crippen LogP) is 3.51. The molecule has 0 saturated carbocycles. The summed E-state index contributed by atoms with van der Waals surface area (Å²) in [6, 6.07) is 15.1. The highest BCUT2D eigenvalue weighted by Crippen LogP contribution is 2.35. The first-order chi connectivity index (χ1) is 13.7. The smallest absolute Gasteiger partial charge is 0.223 e. The van der Waals surface area contributed by atoms with Gasteiger partial charge < -0.3 is 15.0 Å². The Balaban J connectivity index is 1.49. The van der Waals surface area contributed by atoms with Crippen molar-refractivity contribution in [2.75, 3.05) is 20.2 Å². The van der Waals surface area contributed by atoms with Crippen LogP contribution in [0.2, 0.25) is 0 Å². The van der Waals surface area contributed by atoms with Crippen LogP contribution >= 0.6 is 0 Å². The molecule has 2 heterocycles. The van der Waals surface area contributed by atoms with Crippen molar-refractivity contribution in [3.8, 4) is 5.75 Å². The molecule has 0 bridgehead atoms. The number of piperidine rings is 1. The third-order valence-corrected chi connectivity index (χ3v) is 6.12. The lowest BCUT2D eigenvalue weighted by atomic mass is 9.86. The number of fused-ring (bicyclic) bond motifs is 1. The average molecular weight is 382 g/mol.